The molecule has 0 aliphatic rings. The van der Waals surface area contributed by atoms with Gasteiger partial charge < -0.3 is 30.1 Å². The number of nitrogens with zero attached hydrogens (tertiary/aromatic N) is 10. The first kappa shape index (κ1) is 36.6. The van der Waals surface area contributed by atoms with Gasteiger partial charge in [-0.1, -0.05) is 51.6 Å². The van der Waals surface area contributed by atoms with Crippen molar-refractivity contribution in [3.05, 3.63) is 86.1 Å². The molecule has 282 valence electrons. The van der Waals surface area contributed by atoms with Crippen LogP contribution in [0.15, 0.2) is 54.9 Å². The van der Waals surface area contributed by atoms with Gasteiger partial charge in [-0.15, -0.1) is 14.9 Å². The molecule has 0 aliphatic carbocycles. The zero-order valence-corrected chi connectivity index (χ0v) is 31.9. The van der Waals surface area contributed by atoms with E-state index in [2.05, 4.69) is 36.1 Å². The van der Waals surface area contributed by atoms with Crippen molar-refractivity contribution in [2.75, 3.05) is 14.2 Å². The van der Waals surface area contributed by atoms with Gasteiger partial charge >= 0.3 is 0 Å². The van der Waals surface area contributed by atoms with Gasteiger partial charge in [0.2, 0.25) is 5.82 Å². The first-order valence-electron chi connectivity index (χ1n) is 16.3. The molecule has 0 unspecified atom stereocenters. The number of rotatable bonds is 11. The number of nitrogens with one attached hydrogen (secondary N) is 2. The third kappa shape index (κ3) is 5.90. The smallest absolute Gasteiger partial charge is 0.293 e. The number of methoxy groups -OCH3 is 2. The minimum Gasteiger partial charge on any atom is -0.494 e. The summed E-state index contributed by atoms with van der Waals surface area (Å²) in [5.41, 5.74) is 15.3. The van der Waals surface area contributed by atoms with Crippen molar-refractivity contribution in [3.63, 3.8) is 0 Å². The molecule has 22 heteroatoms. The summed E-state index contributed by atoms with van der Waals surface area (Å²) < 4.78 is 16.7. The van der Waals surface area contributed by atoms with Crippen LogP contribution < -0.4 is 25.6 Å². The Labute approximate surface area is 334 Å². The Morgan fingerprint density at radius 2 is 1.30 bits per heavy atom. The number of imidazole rings is 2. The lowest BCUT2D eigenvalue weighted by Gasteiger charge is -2.16. The number of fused-ring (bicyclic) bond motifs is 2. The molecule has 18 nitrogen and oxygen atoms in total. The second kappa shape index (κ2) is 14.4. The number of carbonyl (C=O) groups is 2. The maximum atomic E-state index is 12.5. The van der Waals surface area contributed by atoms with E-state index in [4.69, 9.17) is 77.3 Å². The number of H-pyrrole nitrogens is 2. The highest BCUT2D eigenvalue weighted by atomic mass is 35.5. The minimum absolute atomic E-state index is 0.127. The zero-order chi connectivity index (χ0) is 39.4. The fraction of sp³-hybridized carbons (Fsp3) is 0.118. The lowest BCUT2D eigenvalue weighted by Crippen LogP contribution is -2.33. The van der Waals surface area contributed by atoms with E-state index >= 15 is 0 Å². The van der Waals surface area contributed by atoms with E-state index in [1.807, 2.05) is 9.13 Å². The van der Waals surface area contributed by atoms with Crippen LogP contribution in [0.5, 0.6) is 11.5 Å². The fourth-order valence-electron chi connectivity index (χ4n) is 6.66. The summed E-state index contributed by atoms with van der Waals surface area (Å²) in [5, 5.41) is 25.9. The summed E-state index contributed by atoms with van der Waals surface area (Å²) >= 11 is 26.7. The van der Waals surface area contributed by atoms with Crippen LogP contribution in [0.4, 0.5) is 0 Å². The summed E-state index contributed by atoms with van der Waals surface area (Å²) in [5.74, 6) is -0.126. The molecule has 0 saturated carbocycles. The molecule has 0 bridgehead atoms. The molecule has 0 radical (unpaired) electrons. The number of aryl methyl sites for hydroxylation is 2. The van der Waals surface area contributed by atoms with Crippen LogP contribution in [0, 0.1) is 0 Å². The lowest BCUT2D eigenvalue weighted by molar-refractivity contribution is -0.659. The molecule has 4 aromatic heterocycles. The van der Waals surface area contributed by atoms with Gasteiger partial charge in [0.05, 0.1) is 62.6 Å². The third-order valence-corrected chi connectivity index (χ3v) is 10.7. The summed E-state index contributed by atoms with van der Waals surface area (Å²) in [6.07, 6.45) is 1.43. The number of amides is 2. The van der Waals surface area contributed by atoms with Gasteiger partial charge in [-0.2, -0.15) is 5.21 Å². The van der Waals surface area contributed by atoms with Crippen molar-refractivity contribution in [1.82, 2.24) is 55.3 Å². The van der Waals surface area contributed by atoms with E-state index < -0.39 is 11.8 Å². The number of benzene rings is 4. The van der Waals surface area contributed by atoms with Crippen LogP contribution in [0.2, 0.25) is 20.1 Å². The van der Waals surface area contributed by atoms with Crippen molar-refractivity contribution < 1.29 is 23.7 Å². The van der Waals surface area contributed by atoms with Gasteiger partial charge in [0, 0.05) is 18.7 Å². The molecular weight excluding hydrogens is 810 g/mol. The summed E-state index contributed by atoms with van der Waals surface area (Å²) in [4.78, 5) is 35.0. The van der Waals surface area contributed by atoms with Crippen LogP contribution in [-0.2, 0) is 13.1 Å². The third-order valence-electron chi connectivity index (χ3n) is 9.07. The van der Waals surface area contributed by atoms with Crippen LogP contribution in [0.3, 0.4) is 0 Å². The van der Waals surface area contributed by atoms with Gasteiger partial charge in [-0.05, 0) is 53.7 Å². The summed E-state index contributed by atoms with van der Waals surface area (Å²) in [6.45, 7) is 0.401. The number of hydrogen-bond acceptors (Lipinski definition) is 11. The van der Waals surface area contributed by atoms with Gasteiger partial charge in [0.25, 0.3) is 18.1 Å². The monoisotopic (exact) mass is 833 g/mol. The van der Waals surface area contributed by atoms with Crippen molar-refractivity contribution in [2.45, 2.75) is 13.1 Å². The molecule has 4 aromatic carbocycles. The first-order chi connectivity index (χ1) is 27.0. The molecule has 56 heavy (non-hydrogen) atoms. The maximum absolute atomic E-state index is 12.5. The highest BCUT2D eigenvalue weighted by molar-refractivity contribution is 6.44. The highest BCUT2D eigenvalue weighted by Gasteiger charge is 2.29. The van der Waals surface area contributed by atoms with E-state index in [9.17, 15) is 9.59 Å². The van der Waals surface area contributed by atoms with E-state index in [-0.39, 0.29) is 61.6 Å². The fourth-order valence-corrected chi connectivity index (χ4v) is 7.48. The molecule has 8 rings (SSSR count). The van der Waals surface area contributed by atoms with E-state index in [1.54, 1.807) is 48.5 Å². The molecular formula is C34H25Cl4N14O4+. The average Bonchev–Trinajstić information content (AvgIpc) is 4.02. The molecule has 2 amide bonds. The second-order valence-electron chi connectivity index (χ2n) is 12.0. The molecule has 0 saturated heterocycles. The number of primary amides is 2. The number of aromatic nitrogens is 12. The Morgan fingerprint density at radius 1 is 0.750 bits per heavy atom. The minimum atomic E-state index is -0.705. The molecule has 4 heterocycles. The van der Waals surface area contributed by atoms with Gasteiger partial charge in [-0.25, -0.2) is 9.97 Å². The predicted molar refractivity (Wildman–Crippen MR) is 205 cm³/mol. The van der Waals surface area contributed by atoms with E-state index in [1.165, 1.54) is 25.2 Å². The Balaban J connectivity index is 1.39. The number of nitrogens with two attached hydrogens (primary N) is 2. The van der Waals surface area contributed by atoms with Crippen molar-refractivity contribution in [1.29, 1.82) is 0 Å². The van der Waals surface area contributed by atoms with Crippen molar-refractivity contribution in [3.8, 4) is 51.3 Å². The van der Waals surface area contributed by atoms with E-state index in [0.717, 1.165) is 0 Å². The van der Waals surface area contributed by atoms with Crippen LogP contribution in [0.25, 0.3) is 61.9 Å². The van der Waals surface area contributed by atoms with Crippen LogP contribution >= 0.6 is 46.4 Å². The standard InChI is InChI=1S/C34H24Cl4N14O4/c1-55-28-16(30(39)53)5-9-20-25(28)42-33(14-3-7-18(35)23(37)22(14)32-44-47-48-45-32)50(20)11-12-51-21-10-6-17(31(40)54)29(56-2)26(21)43-34(51)15-4-8-19(36)24(38)27(15)52-13-41-46-49-52/h3-10,13H,11-12H2,1-2H3,(H5,39,40,42,44,45,47,48,53,54)/p+1. The number of hydrogen-bond donors (Lipinski definition) is 4. The van der Waals surface area contributed by atoms with Crippen molar-refractivity contribution >= 4 is 80.3 Å². The molecule has 0 fully saturated rings. The Hall–Kier alpha value is -6.34. The van der Waals surface area contributed by atoms with Crippen LogP contribution in [0.1, 0.15) is 20.7 Å². The number of tetrazole rings is 2. The second-order valence-corrected chi connectivity index (χ2v) is 13.6. The number of carbonyl (C=O) groups excluding carboxylic acids is 2. The quantitative estimate of drug-likeness (QED) is 0.129. The molecule has 0 spiro atoms. The molecule has 0 atom stereocenters. The molecule has 6 N–H and O–H groups in total. The zero-order valence-electron chi connectivity index (χ0n) is 28.9. The van der Waals surface area contributed by atoms with Crippen LogP contribution in [-0.4, -0.2) is 81.3 Å². The Morgan fingerprint density at radius 3 is 1.80 bits per heavy atom. The predicted octanol–water partition coefficient (Wildman–Crippen LogP) is 4.82. The van der Waals surface area contributed by atoms with Gasteiger partial charge in [0.1, 0.15) is 32.8 Å². The van der Waals surface area contributed by atoms with Gasteiger partial charge in [0.15, 0.2) is 22.4 Å². The average molecular weight is 835 g/mol. The topological polar surface area (TPSA) is 240 Å². The van der Waals surface area contributed by atoms with E-state index in [0.29, 0.717) is 56.1 Å². The molecule has 8 aromatic rings. The van der Waals surface area contributed by atoms with Gasteiger partial charge in [-0.3, -0.25) is 9.59 Å². The van der Waals surface area contributed by atoms with Crippen molar-refractivity contribution in [2.24, 2.45) is 11.5 Å². The molecule has 0 aliphatic heterocycles. The normalized spacial score (nSPS) is 11.5. The SMILES string of the molecule is COc1c(C(N)=O)ccc2c1nc(-c1ccc(Cl)c(Cl)c1-c1nn[nH]n1)n2CCn1c(-c2ccc(Cl)c(Cl)c2-[n+]2cnn[nH]2)nc2c(OC)c(C(N)=O)ccc21. The highest BCUT2D eigenvalue weighted by Crippen LogP contribution is 2.43. The largest absolute Gasteiger partial charge is 0.494 e. The maximum Gasteiger partial charge on any atom is 0.293 e. The lowest BCUT2D eigenvalue weighted by atomic mass is 10.1. The number of halogens is 4. The summed E-state index contributed by atoms with van der Waals surface area (Å²) in [7, 11) is 2.84. The Bertz CT molecular complexity index is 2660. The first-order valence-corrected chi connectivity index (χ1v) is 17.8. The summed E-state index contributed by atoms with van der Waals surface area (Å²) in [6, 6.07) is 13.3. The number of aromatic amines is 2. The number of ether oxygens (including phenoxy) is 2. The Kier molecular flexibility index (Phi) is 9.41.